The highest BCUT2D eigenvalue weighted by molar-refractivity contribution is 5.95. The molecule has 7 nitrogen and oxygen atoms in total. The number of fused-ring (bicyclic) bond motifs is 1. The standard InChI is InChI=1S/C26H29N5O2/c1-21(32)31-16-6-15-29(20-24-8-4-5-12-28-24)17-18-30(19-23-7-2-3-9-25(23)31)26(33)22-10-13-27-14-11-22/h2-5,7-14H,6,15-20H2,1H3. The molecule has 1 aliphatic rings. The van der Waals surface area contributed by atoms with Gasteiger partial charge in [-0.25, -0.2) is 0 Å². The molecule has 0 bridgehead atoms. The Hall–Kier alpha value is -3.58. The van der Waals surface area contributed by atoms with Gasteiger partial charge in [0.25, 0.3) is 5.91 Å². The van der Waals surface area contributed by atoms with E-state index >= 15 is 0 Å². The van der Waals surface area contributed by atoms with E-state index in [-0.39, 0.29) is 11.8 Å². The van der Waals surface area contributed by atoms with E-state index in [2.05, 4.69) is 14.9 Å². The molecule has 0 fully saturated rings. The number of hydrogen-bond acceptors (Lipinski definition) is 5. The van der Waals surface area contributed by atoms with E-state index in [1.807, 2.05) is 52.3 Å². The summed E-state index contributed by atoms with van der Waals surface area (Å²) in [4.78, 5) is 40.5. The molecule has 0 spiro atoms. The summed E-state index contributed by atoms with van der Waals surface area (Å²) in [6, 6.07) is 17.3. The molecule has 170 valence electrons. The highest BCUT2D eigenvalue weighted by atomic mass is 16.2. The molecule has 4 rings (SSSR count). The van der Waals surface area contributed by atoms with Gasteiger partial charge in [0.2, 0.25) is 5.91 Å². The summed E-state index contributed by atoms with van der Waals surface area (Å²) in [5.74, 6) is -0.0383. The summed E-state index contributed by atoms with van der Waals surface area (Å²) >= 11 is 0. The second-order valence-electron chi connectivity index (χ2n) is 8.21. The largest absolute Gasteiger partial charge is 0.333 e. The Labute approximate surface area is 194 Å². The van der Waals surface area contributed by atoms with Crippen molar-refractivity contribution < 1.29 is 9.59 Å². The van der Waals surface area contributed by atoms with Gasteiger partial charge in [-0.15, -0.1) is 0 Å². The van der Waals surface area contributed by atoms with E-state index in [4.69, 9.17) is 0 Å². The van der Waals surface area contributed by atoms with Crippen molar-refractivity contribution in [1.82, 2.24) is 19.8 Å². The quantitative estimate of drug-likeness (QED) is 0.621. The van der Waals surface area contributed by atoms with Crippen molar-refractivity contribution in [2.45, 2.75) is 26.4 Å². The van der Waals surface area contributed by atoms with Crippen LogP contribution in [0.3, 0.4) is 0 Å². The summed E-state index contributed by atoms with van der Waals surface area (Å²) in [6.07, 6.45) is 5.91. The molecule has 7 heteroatoms. The lowest BCUT2D eigenvalue weighted by molar-refractivity contribution is -0.116. The average Bonchev–Trinajstić information content (AvgIpc) is 2.88. The van der Waals surface area contributed by atoms with Crippen molar-refractivity contribution >= 4 is 17.5 Å². The van der Waals surface area contributed by atoms with Crippen molar-refractivity contribution in [1.29, 1.82) is 0 Å². The van der Waals surface area contributed by atoms with Crippen molar-refractivity contribution in [3.8, 4) is 0 Å². The van der Waals surface area contributed by atoms with Crippen LogP contribution in [0.1, 0.15) is 35.0 Å². The Kier molecular flexibility index (Phi) is 7.42. The van der Waals surface area contributed by atoms with Crippen molar-refractivity contribution in [2.75, 3.05) is 31.1 Å². The van der Waals surface area contributed by atoms with E-state index < -0.39 is 0 Å². The van der Waals surface area contributed by atoms with Crippen molar-refractivity contribution in [3.63, 3.8) is 0 Å². The summed E-state index contributed by atoms with van der Waals surface area (Å²) in [5.41, 5.74) is 3.44. The molecule has 33 heavy (non-hydrogen) atoms. The highest BCUT2D eigenvalue weighted by Gasteiger charge is 2.23. The van der Waals surface area contributed by atoms with E-state index in [1.165, 1.54) is 0 Å². The average molecular weight is 444 g/mol. The highest BCUT2D eigenvalue weighted by Crippen LogP contribution is 2.24. The first-order valence-electron chi connectivity index (χ1n) is 11.3. The fourth-order valence-electron chi connectivity index (χ4n) is 4.20. The van der Waals surface area contributed by atoms with Gasteiger partial charge in [0.05, 0.1) is 5.69 Å². The first-order chi connectivity index (χ1) is 16.1. The number of pyridine rings is 2. The number of nitrogens with zero attached hydrogens (tertiary/aromatic N) is 5. The van der Waals surface area contributed by atoms with Crippen LogP contribution in [0.2, 0.25) is 0 Å². The van der Waals surface area contributed by atoms with Gasteiger partial charge < -0.3 is 9.80 Å². The van der Waals surface area contributed by atoms with Crippen LogP contribution in [0, 0.1) is 0 Å². The van der Waals surface area contributed by atoms with Crippen LogP contribution in [0.4, 0.5) is 5.69 Å². The number of aromatic nitrogens is 2. The predicted molar refractivity (Wildman–Crippen MR) is 128 cm³/mol. The van der Waals surface area contributed by atoms with Gasteiger partial charge in [0, 0.05) is 76.0 Å². The van der Waals surface area contributed by atoms with Crippen LogP contribution in [0.25, 0.3) is 0 Å². The third-order valence-corrected chi connectivity index (χ3v) is 5.89. The van der Waals surface area contributed by atoms with Crippen molar-refractivity contribution in [2.24, 2.45) is 0 Å². The van der Waals surface area contributed by atoms with Crippen LogP contribution in [-0.4, -0.2) is 57.8 Å². The molecule has 0 radical (unpaired) electrons. The number of anilines is 1. The smallest absolute Gasteiger partial charge is 0.254 e. The number of hydrogen-bond donors (Lipinski definition) is 0. The Morgan fingerprint density at radius 2 is 1.67 bits per heavy atom. The number of para-hydroxylation sites is 1. The lowest BCUT2D eigenvalue weighted by Gasteiger charge is -2.28. The molecular formula is C26H29N5O2. The van der Waals surface area contributed by atoms with Crippen molar-refractivity contribution in [3.05, 3.63) is 90.0 Å². The zero-order chi connectivity index (χ0) is 23.0. The second-order valence-corrected chi connectivity index (χ2v) is 8.21. The molecule has 1 aliphatic heterocycles. The van der Waals surface area contributed by atoms with Crippen LogP contribution >= 0.6 is 0 Å². The Morgan fingerprint density at radius 3 is 2.42 bits per heavy atom. The van der Waals surface area contributed by atoms with Crippen LogP contribution in [0.15, 0.2) is 73.2 Å². The number of carbonyl (C=O) groups excluding carboxylic acids is 2. The van der Waals surface area contributed by atoms with Gasteiger partial charge in [-0.05, 0) is 42.3 Å². The van der Waals surface area contributed by atoms with E-state index in [0.29, 0.717) is 31.7 Å². The molecule has 2 amide bonds. The molecule has 3 heterocycles. The lowest BCUT2D eigenvalue weighted by Crippen LogP contribution is -2.38. The second kappa shape index (κ2) is 10.8. The SMILES string of the molecule is CC(=O)N1CCCN(Cc2ccccn2)CCN(C(=O)c2ccncc2)Cc2ccccc21. The molecule has 0 saturated carbocycles. The van der Waals surface area contributed by atoms with E-state index in [9.17, 15) is 9.59 Å². The maximum atomic E-state index is 13.4. The van der Waals surface area contributed by atoms with Gasteiger partial charge >= 0.3 is 0 Å². The predicted octanol–water partition coefficient (Wildman–Crippen LogP) is 3.38. The van der Waals surface area contributed by atoms with Gasteiger partial charge in [-0.1, -0.05) is 24.3 Å². The lowest BCUT2D eigenvalue weighted by atomic mass is 10.1. The molecular weight excluding hydrogens is 414 g/mol. The van der Waals surface area contributed by atoms with Crippen LogP contribution in [0.5, 0.6) is 0 Å². The number of benzene rings is 1. The first-order valence-corrected chi connectivity index (χ1v) is 11.3. The number of carbonyl (C=O) groups is 2. The summed E-state index contributed by atoms with van der Waals surface area (Å²) in [5, 5.41) is 0. The van der Waals surface area contributed by atoms with Crippen LogP contribution in [-0.2, 0) is 17.9 Å². The maximum absolute atomic E-state index is 13.4. The summed E-state index contributed by atoms with van der Waals surface area (Å²) in [7, 11) is 0. The monoisotopic (exact) mass is 443 g/mol. The zero-order valence-electron chi connectivity index (χ0n) is 18.9. The fraction of sp³-hybridized carbons (Fsp3) is 0.308. The zero-order valence-corrected chi connectivity index (χ0v) is 18.9. The van der Waals surface area contributed by atoms with Gasteiger partial charge in [0.1, 0.15) is 0 Å². The van der Waals surface area contributed by atoms with Gasteiger partial charge in [0.15, 0.2) is 0 Å². The first kappa shape index (κ1) is 22.6. The topological polar surface area (TPSA) is 69.6 Å². The Balaban J connectivity index is 1.65. The molecule has 0 atom stereocenters. The third-order valence-electron chi connectivity index (χ3n) is 5.89. The maximum Gasteiger partial charge on any atom is 0.254 e. The molecule has 0 unspecified atom stereocenters. The van der Waals surface area contributed by atoms with E-state index in [1.54, 1.807) is 37.6 Å². The minimum atomic E-state index is -0.0430. The summed E-state index contributed by atoms with van der Waals surface area (Å²) in [6.45, 7) is 5.45. The molecule has 2 aromatic heterocycles. The van der Waals surface area contributed by atoms with E-state index in [0.717, 1.165) is 36.5 Å². The third kappa shape index (κ3) is 5.81. The van der Waals surface area contributed by atoms with Crippen LogP contribution < -0.4 is 4.90 Å². The normalized spacial score (nSPS) is 15.4. The molecule has 1 aromatic carbocycles. The number of amides is 2. The molecule has 0 N–H and O–H groups in total. The minimum absolute atomic E-state index is 0.00461. The molecule has 0 aliphatic carbocycles. The molecule has 0 saturated heterocycles. The molecule has 3 aromatic rings. The van der Waals surface area contributed by atoms with Gasteiger partial charge in [-0.3, -0.25) is 24.5 Å². The summed E-state index contributed by atoms with van der Waals surface area (Å²) < 4.78 is 0. The Morgan fingerprint density at radius 1 is 0.879 bits per heavy atom. The minimum Gasteiger partial charge on any atom is -0.333 e. The number of rotatable bonds is 3. The van der Waals surface area contributed by atoms with Gasteiger partial charge in [-0.2, -0.15) is 0 Å². The Bertz CT molecular complexity index is 1070. The fourth-order valence-corrected chi connectivity index (χ4v) is 4.20.